The summed E-state index contributed by atoms with van der Waals surface area (Å²) in [6.07, 6.45) is 6.91. The van der Waals surface area contributed by atoms with Gasteiger partial charge < -0.3 is 9.15 Å². The summed E-state index contributed by atoms with van der Waals surface area (Å²) in [5.74, 6) is 2.10. The molecule has 1 unspecified atom stereocenters. The Morgan fingerprint density at radius 1 is 0.630 bits per heavy atom. The molecule has 1 aliphatic carbocycles. The smallest absolute Gasteiger partial charge is 0.166 e. The summed E-state index contributed by atoms with van der Waals surface area (Å²) in [7, 11) is 0. The Balaban J connectivity index is 1.18. The van der Waals surface area contributed by atoms with E-state index in [0.29, 0.717) is 0 Å². The lowest BCUT2D eigenvalue weighted by Gasteiger charge is -2.20. The molecule has 1 atom stereocenters. The van der Waals surface area contributed by atoms with Gasteiger partial charge in [-0.25, -0.2) is 9.97 Å². The van der Waals surface area contributed by atoms with Crippen molar-refractivity contribution in [2.75, 3.05) is 0 Å². The number of para-hydroxylation sites is 3. The van der Waals surface area contributed by atoms with Crippen LogP contribution in [0.5, 0.6) is 5.75 Å². The topological polar surface area (TPSA) is 70.9 Å². The highest BCUT2D eigenvalue weighted by atomic mass is 16.5. The zero-order valence-electron chi connectivity index (χ0n) is 24.4. The third-order valence-corrected chi connectivity index (χ3v) is 9.56. The van der Waals surface area contributed by atoms with Gasteiger partial charge in [0, 0.05) is 45.7 Å². The summed E-state index contributed by atoms with van der Waals surface area (Å²) in [5.41, 5.74) is 11.2. The number of ether oxygens (including phenoxy) is 1. The molecule has 0 spiro atoms. The van der Waals surface area contributed by atoms with E-state index in [1.807, 2.05) is 48.7 Å². The number of fused-ring (bicyclic) bond motifs is 12. The Morgan fingerprint density at radius 2 is 1.41 bits per heavy atom. The number of hydrogen-bond acceptors (Lipinski definition) is 5. The molecule has 0 radical (unpaired) electrons. The number of benzene rings is 4. The van der Waals surface area contributed by atoms with Crippen molar-refractivity contribution < 1.29 is 9.15 Å². The third-order valence-electron chi connectivity index (χ3n) is 9.56. The summed E-state index contributed by atoms with van der Waals surface area (Å²) >= 11 is 0. The minimum Gasteiger partial charge on any atom is -0.461 e. The van der Waals surface area contributed by atoms with E-state index in [2.05, 4.69) is 81.9 Å². The van der Waals surface area contributed by atoms with Crippen molar-refractivity contribution in [1.29, 1.82) is 0 Å². The molecule has 9 aromatic rings. The highest BCUT2D eigenvalue weighted by molar-refractivity contribution is 6.12. The zero-order valence-corrected chi connectivity index (χ0v) is 24.4. The first-order valence-corrected chi connectivity index (χ1v) is 15.5. The Morgan fingerprint density at radius 3 is 2.39 bits per heavy atom. The summed E-state index contributed by atoms with van der Waals surface area (Å²) < 4.78 is 16.8. The monoisotopic (exact) mass is 593 g/mol. The molecule has 2 aliphatic rings. The maximum atomic E-state index is 6.21. The van der Waals surface area contributed by atoms with Gasteiger partial charge in [-0.15, -0.1) is 0 Å². The molecule has 6 heterocycles. The highest BCUT2D eigenvalue weighted by Crippen LogP contribution is 2.47. The van der Waals surface area contributed by atoms with Crippen LogP contribution in [0.15, 0.2) is 132 Å². The predicted molar refractivity (Wildman–Crippen MR) is 181 cm³/mol. The van der Waals surface area contributed by atoms with Gasteiger partial charge in [-0.1, -0.05) is 54.6 Å². The van der Waals surface area contributed by atoms with Crippen LogP contribution in [0.4, 0.5) is 0 Å². The van der Waals surface area contributed by atoms with E-state index >= 15 is 0 Å². The normalized spacial score (nSPS) is 16.0. The summed E-state index contributed by atoms with van der Waals surface area (Å²) in [4.78, 5) is 15.7. The van der Waals surface area contributed by atoms with Crippen LogP contribution in [0.1, 0.15) is 17.9 Å². The standard InChI is InChI=1S/C39H23N5O2/c1-4-11-29-26(10-1)35-38(43(29)22-15-17-33-27(20-22)24-8-2-5-13-31(24)45-33)42-37-36-30(12-7-19-40-36)44(39(37)41-35)23-16-18-34-28(21-23)25-9-3-6-14-32(25)46-34/h1-19,21,27H,20H2. The number of furan rings is 1. The molecule has 4 aromatic carbocycles. The van der Waals surface area contributed by atoms with Crippen LogP contribution in [0, 0.1) is 0 Å². The molecule has 5 aromatic heterocycles. The first-order valence-electron chi connectivity index (χ1n) is 15.5. The molecule has 0 saturated carbocycles. The van der Waals surface area contributed by atoms with Crippen molar-refractivity contribution in [2.24, 2.45) is 0 Å². The second-order valence-electron chi connectivity index (χ2n) is 12.0. The van der Waals surface area contributed by atoms with Crippen molar-refractivity contribution in [3.63, 3.8) is 0 Å². The minimum absolute atomic E-state index is 0.168. The maximum absolute atomic E-state index is 6.21. The van der Waals surface area contributed by atoms with Gasteiger partial charge in [0.25, 0.3) is 0 Å². The van der Waals surface area contributed by atoms with Crippen molar-refractivity contribution in [3.05, 3.63) is 133 Å². The van der Waals surface area contributed by atoms with Gasteiger partial charge in [-0.3, -0.25) is 14.1 Å². The number of pyridine rings is 1. The fourth-order valence-corrected chi connectivity index (χ4v) is 7.53. The van der Waals surface area contributed by atoms with Gasteiger partial charge in [0.1, 0.15) is 39.2 Å². The lowest BCUT2D eigenvalue weighted by molar-refractivity contribution is 0.425. The van der Waals surface area contributed by atoms with Crippen LogP contribution in [0.2, 0.25) is 0 Å². The van der Waals surface area contributed by atoms with E-state index in [1.54, 1.807) is 0 Å². The van der Waals surface area contributed by atoms with Crippen LogP contribution in [-0.2, 0) is 0 Å². The summed E-state index contributed by atoms with van der Waals surface area (Å²) in [5, 5.41) is 3.21. The lowest BCUT2D eigenvalue weighted by atomic mass is 9.90. The molecule has 0 saturated heterocycles. The molecule has 11 rings (SSSR count). The van der Waals surface area contributed by atoms with E-state index in [4.69, 9.17) is 24.1 Å². The minimum atomic E-state index is 0.168. The number of hydrogen-bond donors (Lipinski definition) is 0. The van der Waals surface area contributed by atoms with Crippen molar-refractivity contribution >= 4 is 71.9 Å². The molecule has 0 amide bonds. The van der Waals surface area contributed by atoms with Crippen molar-refractivity contribution in [2.45, 2.75) is 12.3 Å². The van der Waals surface area contributed by atoms with E-state index in [1.165, 1.54) is 5.56 Å². The largest absolute Gasteiger partial charge is 0.461 e. The Kier molecular flexibility index (Phi) is 4.57. The Labute approximate surface area is 261 Å². The number of aromatic nitrogens is 5. The second kappa shape index (κ2) is 8.70. The van der Waals surface area contributed by atoms with Gasteiger partial charge in [0.2, 0.25) is 0 Å². The van der Waals surface area contributed by atoms with Crippen LogP contribution >= 0.6 is 0 Å². The molecular formula is C39H23N5O2. The fourth-order valence-electron chi connectivity index (χ4n) is 7.53. The molecule has 1 aliphatic heterocycles. The highest BCUT2D eigenvalue weighted by Gasteiger charge is 2.33. The molecular weight excluding hydrogens is 570 g/mol. The van der Waals surface area contributed by atoms with Gasteiger partial charge in [-0.2, -0.15) is 0 Å². The van der Waals surface area contributed by atoms with Crippen LogP contribution in [0.3, 0.4) is 0 Å². The molecule has 7 heteroatoms. The van der Waals surface area contributed by atoms with E-state index < -0.39 is 0 Å². The SMILES string of the molecule is C1=C2Oc3ccccc3C2CC(n2c3ccccc3c3nc4c(nc32)c2ncccc2n4-c2ccc3oc4ccccc4c3c2)=C1. The Hall–Kier alpha value is -6.21. The fraction of sp³-hybridized carbons (Fsp3) is 0.0513. The Bertz CT molecular complexity index is 2830. The second-order valence-corrected chi connectivity index (χ2v) is 12.0. The quantitative estimate of drug-likeness (QED) is 0.200. The predicted octanol–water partition coefficient (Wildman–Crippen LogP) is 9.28. The summed E-state index contributed by atoms with van der Waals surface area (Å²) in [6.45, 7) is 0. The molecule has 0 N–H and O–H groups in total. The molecule has 0 fully saturated rings. The lowest BCUT2D eigenvalue weighted by Crippen LogP contribution is -2.09. The van der Waals surface area contributed by atoms with Gasteiger partial charge in [0.05, 0.1) is 17.0 Å². The van der Waals surface area contributed by atoms with E-state index in [-0.39, 0.29) is 5.92 Å². The molecule has 216 valence electrons. The molecule has 46 heavy (non-hydrogen) atoms. The average molecular weight is 594 g/mol. The van der Waals surface area contributed by atoms with E-state index in [0.717, 1.165) is 95.5 Å². The van der Waals surface area contributed by atoms with Gasteiger partial charge in [0.15, 0.2) is 11.3 Å². The van der Waals surface area contributed by atoms with E-state index in [9.17, 15) is 0 Å². The molecule has 7 nitrogen and oxygen atoms in total. The van der Waals surface area contributed by atoms with Gasteiger partial charge >= 0.3 is 0 Å². The third kappa shape index (κ3) is 3.13. The number of allylic oxidation sites excluding steroid dienone is 4. The van der Waals surface area contributed by atoms with Crippen LogP contribution in [-0.4, -0.2) is 24.1 Å². The number of rotatable bonds is 2. The van der Waals surface area contributed by atoms with Crippen molar-refractivity contribution in [1.82, 2.24) is 24.1 Å². The summed E-state index contributed by atoms with van der Waals surface area (Å²) in [6, 6.07) is 35.3. The van der Waals surface area contributed by atoms with Crippen molar-refractivity contribution in [3.8, 4) is 11.4 Å². The molecule has 0 bridgehead atoms. The van der Waals surface area contributed by atoms with Gasteiger partial charge in [-0.05, 0) is 60.7 Å². The number of nitrogens with zero attached hydrogens (tertiary/aromatic N) is 5. The van der Waals surface area contributed by atoms with Crippen LogP contribution in [0.25, 0.3) is 77.6 Å². The first-order chi connectivity index (χ1) is 22.8. The maximum Gasteiger partial charge on any atom is 0.166 e. The first kappa shape index (κ1) is 24.2. The van der Waals surface area contributed by atoms with Crippen LogP contribution < -0.4 is 4.74 Å². The average Bonchev–Trinajstić information content (AvgIpc) is 3.84. The zero-order chi connectivity index (χ0) is 29.9.